The highest BCUT2D eigenvalue weighted by Crippen LogP contribution is 2.21. The average Bonchev–Trinajstić information content (AvgIpc) is 2.41. The Balaban J connectivity index is 1.77. The molecule has 0 amide bonds. The summed E-state index contributed by atoms with van der Waals surface area (Å²) >= 11 is 0. The van der Waals surface area contributed by atoms with Crippen molar-refractivity contribution in [2.75, 3.05) is 19.6 Å². The normalized spacial score (nSPS) is 19.9. The highest BCUT2D eigenvalue weighted by molar-refractivity contribution is 5.14. The van der Waals surface area contributed by atoms with Gasteiger partial charge in [-0.05, 0) is 50.9 Å². The molecule has 0 bridgehead atoms. The Morgan fingerprint density at radius 2 is 1.89 bits per heavy atom. The van der Waals surface area contributed by atoms with Crippen LogP contribution in [-0.2, 0) is 6.54 Å². The molecule has 0 saturated carbocycles. The third kappa shape index (κ3) is 3.82. The molecule has 1 aliphatic rings. The lowest BCUT2D eigenvalue weighted by molar-refractivity contribution is 0.157. The Morgan fingerprint density at radius 3 is 2.50 bits per heavy atom. The predicted octanol–water partition coefficient (Wildman–Crippen LogP) is 2.90. The smallest absolute Gasteiger partial charge is 0.0233 e. The van der Waals surface area contributed by atoms with E-state index in [0.717, 1.165) is 19.0 Å². The maximum Gasteiger partial charge on any atom is 0.0233 e. The van der Waals surface area contributed by atoms with Crippen molar-refractivity contribution in [2.24, 2.45) is 5.92 Å². The number of hydrogen-bond acceptors (Lipinski definition) is 2. The quantitative estimate of drug-likeness (QED) is 0.859. The van der Waals surface area contributed by atoms with Gasteiger partial charge in [-0.25, -0.2) is 0 Å². The summed E-state index contributed by atoms with van der Waals surface area (Å²) < 4.78 is 0. The molecule has 0 spiro atoms. The maximum absolute atomic E-state index is 3.56. The van der Waals surface area contributed by atoms with Crippen LogP contribution in [0.2, 0.25) is 0 Å². The van der Waals surface area contributed by atoms with Gasteiger partial charge in [-0.2, -0.15) is 0 Å². The molecule has 2 rings (SSSR count). The van der Waals surface area contributed by atoms with E-state index in [0.29, 0.717) is 6.04 Å². The van der Waals surface area contributed by atoms with Gasteiger partial charge in [0.2, 0.25) is 0 Å². The number of piperidine rings is 1. The Morgan fingerprint density at radius 1 is 1.22 bits per heavy atom. The van der Waals surface area contributed by atoms with E-state index >= 15 is 0 Å². The van der Waals surface area contributed by atoms with Crippen molar-refractivity contribution < 1.29 is 0 Å². The fraction of sp³-hybridized carbons (Fsp3) is 0.625. The van der Waals surface area contributed by atoms with Gasteiger partial charge in [0.15, 0.2) is 0 Å². The van der Waals surface area contributed by atoms with Crippen molar-refractivity contribution in [2.45, 2.75) is 39.3 Å². The van der Waals surface area contributed by atoms with Gasteiger partial charge in [0.25, 0.3) is 0 Å². The lowest BCUT2D eigenvalue weighted by Gasteiger charge is -2.35. The van der Waals surface area contributed by atoms with Crippen LogP contribution in [0.25, 0.3) is 0 Å². The second-order valence-corrected chi connectivity index (χ2v) is 5.45. The summed E-state index contributed by atoms with van der Waals surface area (Å²) in [6.07, 6.45) is 2.67. The zero-order valence-corrected chi connectivity index (χ0v) is 11.7. The van der Waals surface area contributed by atoms with E-state index in [1.54, 1.807) is 0 Å². The summed E-state index contributed by atoms with van der Waals surface area (Å²) in [4.78, 5) is 2.59. The van der Waals surface area contributed by atoms with Crippen molar-refractivity contribution in [3.8, 4) is 0 Å². The first kappa shape index (κ1) is 13.6. The zero-order valence-electron chi connectivity index (χ0n) is 11.7. The van der Waals surface area contributed by atoms with E-state index in [4.69, 9.17) is 0 Å². The van der Waals surface area contributed by atoms with Crippen LogP contribution in [0.5, 0.6) is 0 Å². The van der Waals surface area contributed by atoms with Gasteiger partial charge in [0, 0.05) is 12.6 Å². The third-order valence-electron chi connectivity index (χ3n) is 4.11. The van der Waals surface area contributed by atoms with E-state index in [1.165, 1.54) is 31.5 Å². The fourth-order valence-corrected chi connectivity index (χ4v) is 2.94. The number of hydrogen-bond donors (Lipinski definition) is 1. The Labute approximate surface area is 111 Å². The van der Waals surface area contributed by atoms with Crippen LogP contribution in [0.3, 0.4) is 0 Å². The van der Waals surface area contributed by atoms with E-state index in [2.05, 4.69) is 54.4 Å². The van der Waals surface area contributed by atoms with Crippen LogP contribution >= 0.6 is 0 Å². The molecule has 1 aromatic carbocycles. The zero-order chi connectivity index (χ0) is 12.8. The molecule has 0 radical (unpaired) electrons. The van der Waals surface area contributed by atoms with Crippen molar-refractivity contribution in [1.82, 2.24) is 10.2 Å². The average molecular weight is 246 g/mol. The van der Waals surface area contributed by atoms with E-state index in [9.17, 15) is 0 Å². The number of rotatable bonds is 5. The second kappa shape index (κ2) is 6.91. The Bertz CT molecular complexity index is 328. The summed E-state index contributed by atoms with van der Waals surface area (Å²) in [5.41, 5.74) is 1.44. The van der Waals surface area contributed by atoms with E-state index in [-0.39, 0.29) is 0 Å². The molecule has 1 atom stereocenters. The van der Waals surface area contributed by atoms with Crippen LogP contribution < -0.4 is 5.32 Å². The minimum atomic E-state index is 0.675. The molecular weight excluding hydrogens is 220 g/mol. The number of likely N-dealkylation sites (tertiary alicyclic amines) is 1. The van der Waals surface area contributed by atoms with Crippen molar-refractivity contribution in [3.63, 3.8) is 0 Å². The van der Waals surface area contributed by atoms with Gasteiger partial charge in [-0.15, -0.1) is 0 Å². The SMILES string of the molecule is CCNC(C)C1CCN(Cc2ccccc2)CC1. The van der Waals surface area contributed by atoms with Gasteiger partial charge in [-0.1, -0.05) is 37.3 Å². The van der Waals surface area contributed by atoms with Gasteiger partial charge < -0.3 is 5.32 Å². The molecular formula is C16H26N2. The first-order valence-electron chi connectivity index (χ1n) is 7.29. The van der Waals surface area contributed by atoms with E-state index in [1.807, 2.05) is 0 Å². The number of nitrogens with zero attached hydrogens (tertiary/aromatic N) is 1. The first-order valence-corrected chi connectivity index (χ1v) is 7.29. The minimum absolute atomic E-state index is 0.675. The molecule has 100 valence electrons. The van der Waals surface area contributed by atoms with E-state index < -0.39 is 0 Å². The molecule has 1 aliphatic heterocycles. The minimum Gasteiger partial charge on any atom is -0.314 e. The van der Waals surface area contributed by atoms with Crippen LogP contribution in [0.1, 0.15) is 32.3 Å². The highest BCUT2D eigenvalue weighted by atomic mass is 15.1. The van der Waals surface area contributed by atoms with Crippen LogP contribution in [0.15, 0.2) is 30.3 Å². The highest BCUT2D eigenvalue weighted by Gasteiger charge is 2.23. The number of benzene rings is 1. The summed E-state index contributed by atoms with van der Waals surface area (Å²) in [6, 6.07) is 11.5. The standard InChI is InChI=1S/C16H26N2/c1-3-17-14(2)16-9-11-18(12-10-16)13-15-7-5-4-6-8-15/h4-8,14,16-17H,3,9-13H2,1-2H3. The molecule has 1 N–H and O–H groups in total. The predicted molar refractivity (Wildman–Crippen MR) is 77.6 cm³/mol. The van der Waals surface area contributed by atoms with Crippen molar-refractivity contribution in [1.29, 1.82) is 0 Å². The third-order valence-corrected chi connectivity index (χ3v) is 4.11. The van der Waals surface area contributed by atoms with Crippen molar-refractivity contribution in [3.05, 3.63) is 35.9 Å². The molecule has 1 fully saturated rings. The lowest BCUT2D eigenvalue weighted by Crippen LogP contribution is -2.41. The lowest BCUT2D eigenvalue weighted by atomic mass is 9.90. The molecule has 1 unspecified atom stereocenters. The largest absolute Gasteiger partial charge is 0.314 e. The Kier molecular flexibility index (Phi) is 5.21. The Hall–Kier alpha value is -0.860. The molecule has 2 nitrogen and oxygen atoms in total. The molecule has 1 saturated heterocycles. The monoisotopic (exact) mass is 246 g/mol. The summed E-state index contributed by atoms with van der Waals surface area (Å²) in [5.74, 6) is 0.858. The fourth-order valence-electron chi connectivity index (χ4n) is 2.94. The first-order chi connectivity index (χ1) is 8.79. The maximum atomic E-state index is 3.56. The molecule has 0 aliphatic carbocycles. The van der Waals surface area contributed by atoms with Crippen LogP contribution in [0, 0.1) is 5.92 Å². The second-order valence-electron chi connectivity index (χ2n) is 5.45. The van der Waals surface area contributed by atoms with Gasteiger partial charge >= 0.3 is 0 Å². The number of nitrogens with one attached hydrogen (secondary N) is 1. The summed E-state index contributed by atoms with van der Waals surface area (Å²) in [7, 11) is 0. The van der Waals surface area contributed by atoms with Gasteiger partial charge in [-0.3, -0.25) is 4.90 Å². The summed E-state index contributed by atoms with van der Waals surface area (Å²) in [6.45, 7) is 9.22. The molecule has 0 aromatic heterocycles. The van der Waals surface area contributed by atoms with Gasteiger partial charge in [0.05, 0.1) is 0 Å². The molecule has 18 heavy (non-hydrogen) atoms. The summed E-state index contributed by atoms with van der Waals surface area (Å²) in [5, 5.41) is 3.56. The molecule has 1 aromatic rings. The molecule has 2 heteroatoms. The topological polar surface area (TPSA) is 15.3 Å². The van der Waals surface area contributed by atoms with Crippen molar-refractivity contribution >= 4 is 0 Å². The van der Waals surface area contributed by atoms with Crippen LogP contribution in [0.4, 0.5) is 0 Å². The molecule has 1 heterocycles. The van der Waals surface area contributed by atoms with Crippen LogP contribution in [-0.4, -0.2) is 30.6 Å². The van der Waals surface area contributed by atoms with Gasteiger partial charge in [0.1, 0.15) is 0 Å².